The molecule has 4 nitrogen and oxygen atoms in total. The Bertz CT molecular complexity index is 1060. The molecule has 2 aromatic carbocycles. The van der Waals surface area contributed by atoms with E-state index in [0.29, 0.717) is 0 Å². The van der Waals surface area contributed by atoms with Crippen molar-refractivity contribution in [2.45, 2.75) is 25.3 Å². The maximum absolute atomic E-state index is 12.6. The van der Waals surface area contributed by atoms with Crippen LogP contribution in [0.3, 0.4) is 0 Å². The van der Waals surface area contributed by atoms with Gasteiger partial charge in [0, 0.05) is 17.0 Å². The minimum Gasteiger partial charge on any atom is -0.241 e. The highest BCUT2D eigenvalue weighted by Crippen LogP contribution is 2.31. The molecule has 1 aromatic heterocycles. The summed E-state index contributed by atoms with van der Waals surface area (Å²) in [7, 11) is -3.78. The molecule has 0 unspecified atom stereocenters. The molecule has 1 N–H and O–H groups in total. The molecule has 136 valence electrons. The number of hydrogen-bond acceptors (Lipinski definition) is 4. The third-order valence-corrected chi connectivity index (χ3v) is 7.46. The molecule has 3 rings (SSSR count). The van der Waals surface area contributed by atoms with E-state index < -0.39 is 10.0 Å². The van der Waals surface area contributed by atoms with Crippen LogP contribution in [0.15, 0.2) is 47.4 Å². The van der Waals surface area contributed by atoms with Gasteiger partial charge in [-0.2, -0.15) is 0 Å². The van der Waals surface area contributed by atoms with E-state index in [9.17, 15) is 8.42 Å². The topological polar surface area (TPSA) is 59.1 Å². The summed E-state index contributed by atoms with van der Waals surface area (Å²) in [6.07, 6.45) is 0. The highest BCUT2D eigenvalue weighted by atomic mass is 35.5. The van der Waals surface area contributed by atoms with Gasteiger partial charge in [-0.1, -0.05) is 53.5 Å². The zero-order chi connectivity index (χ0) is 18.9. The lowest BCUT2D eigenvalue weighted by atomic mass is 10.1. The first-order valence-corrected chi connectivity index (χ1v) is 10.8. The number of sulfonamides is 1. The zero-order valence-corrected chi connectivity index (χ0v) is 17.2. The summed E-state index contributed by atoms with van der Waals surface area (Å²) in [5, 5.41) is 1.09. The van der Waals surface area contributed by atoms with Crippen LogP contribution < -0.4 is 4.72 Å². The predicted octanol–water partition coefficient (Wildman–Crippen LogP) is 5.21. The van der Waals surface area contributed by atoms with Gasteiger partial charge in [0.25, 0.3) is 0 Å². The van der Waals surface area contributed by atoms with Gasteiger partial charge in [-0.05, 0) is 31.5 Å². The minimum atomic E-state index is -3.78. The summed E-state index contributed by atoms with van der Waals surface area (Å²) in [6.45, 7) is 4.03. The number of rotatable bonds is 5. The molecule has 26 heavy (non-hydrogen) atoms. The zero-order valence-electron chi connectivity index (χ0n) is 14.1. The van der Waals surface area contributed by atoms with Gasteiger partial charge in [-0.3, -0.25) is 0 Å². The molecule has 0 amide bonds. The molecule has 0 spiro atoms. The summed E-state index contributed by atoms with van der Waals surface area (Å²) < 4.78 is 27.7. The van der Waals surface area contributed by atoms with Gasteiger partial charge < -0.3 is 0 Å². The second-order valence-electron chi connectivity index (χ2n) is 5.72. The van der Waals surface area contributed by atoms with Crippen LogP contribution in [0.25, 0.3) is 10.6 Å². The quantitative estimate of drug-likeness (QED) is 0.608. The van der Waals surface area contributed by atoms with E-state index in [0.717, 1.165) is 26.7 Å². The number of aryl methyl sites for hydroxylation is 2. The van der Waals surface area contributed by atoms with Crippen molar-refractivity contribution in [2.24, 2.45) is 0 Å². The molecular weight excluding hydrogens is 411 g/mol. The van der Waals surface area contributed by atoms with E-state index in [-0.39, 0.29) is 21.5 Å². The van der Waals surface area contributed by atoms with Crippen molar-refractivity contribution in [3.63, 3.8) is 0 Å². The summed E-state index contributed by atoms with van der Waals surface area (Å²) in [4.78, 5) is 5.40. The van der Waals surface area contributed by atoms with E-state index in [4.69, 9.17) is 23.2 Å². The van der Waals surface area contributed by atoms with Crippen LogP contribution in [-0.2, 0) is 16.6 Å². The molecule has 0 saturated carbocycles. The Kier molecular flexibility index (Phi) is 5.69. The van der Waals surface area contributed by atoms with Gasteiger partial charge in [-0.25, -0.2) is 18.1 Å². The molecule has 0 saturated heterocycles. The highest BCUT2D eigenvalue weighted by molar-refractivity contribution is 7.89. The average molecular weight is 427 g/mol. The van der Waals surface area contributed by atoms with Crippen LogP contribution in [0.2, 0.25) is 10.0 Å². The number of aromatic nitrogens is 1. The fourth-order valence-electron chi connectivity index (χ4n) is 2.45. The number of thiazole rings is 1. The smallest absolute Gasteiger partial charge is 0.241 e. The first-order valence-electron chi connectivity index (χ1n) is 7.75. The average Bonchev–Trinajstić information content (AvgIpc) is 2.96. The number of hydrogen-bond donors (Lipinski definition) is 1. The number of nitrogens with zero attached hydrogens (tertiary/aromatic N) is 1. The van der Waals surface area contributed by atoms with Gasteiger partial charge in [0.15, 0.2) is 0 Å². The summed E-state index contributed by atoms with van der Waals surface area (Å²) in [5.74, 6) is 0. The van der Waals surface area contributed by atoms with Gasteiger partial charge in [0.2, 0.25) is 10.0 Å². The largest absolute Gasteiger partial charge is 0.242 e. The van der Waals surface area contributed by atoms with Gasteiger partial charge in [0.05, 0.1) is 15.7 Å². The molecule has 0 aliphatic rings. The maximum atomic E-state index is 12.6. The van der Waals surface area contributed by atoms with Gasteiger partial charge in [-0.15, -0.1) is 11.3 Å². The molecule has 0 bridgehead atoms. The maximum Gasteiger partial charge on any atom is 0.242 e. The fourth-order valence-corrected chi connectivity index (χ4v) is 5.39. The third kappa shape index (κ3) is 3.94. The monoisotopic (exact) mass is 426 g/mol. The summed E-state index contributed by atoms with van der Waals surface area (Å²) in [5.41, 5.74) is 2.97. The Morgan fingerprint density at radius 2 is 1.81 bits per heavy atom. The number of benzene rings is 2. The van der Waals surface area contributed by atoms with Crippen LogP contribution in [0.4, 0.5) is 0 Å². The van der Waals surface area contributed by atoms with E-state index in [2.05, 4.69) is 9.71 Å². The predicted molar refractivity (Wildman–Crippen MR) is 108 cm³/mol. The third-order valence-electron chi connectivity index (χ3n) is 3.90. The molecule has 1 heterocycles. The number of nitrogens with one attached hydrogen (secondary N) is 1. The van der Waals surface area contributed by atoms with Crippen molar-refractivity contribution in [3.8, 4) is 10.6 Å². The Morgan fingerprint density at radius 3 is 2.54 bits per heavy atom. The Labute approximate surface area is 166 Å². The van der Waals surface area contributed by atoms with Crippen molar-refractivity contribution < 1.29 is 8.42 Å². The number of halogens is 2. The highest BCUT2D eigenvalue weighted by Gasteiger charge is 2.20. The molecule has 0 radical (unpaired) electrons. The Balaban J connectivity index is 1.84. The first kappa shape index (κ1) is 19.3. The SMILES string of the molecule is Cc1ccccc1-c1nc(C)c(CNS(=O)(=O)c2cccc(Cl)c2Cl)s1. The molecule has 0 aliphatic heterocycles. The van der Waals surface area contributed by atoms with Crippen LogP contribution in [-0.4, -0.2) is 13.4 Å². The summed E-state index contributed by atoms with van der Waals surface area (Å²) in [6, 6.07) is 12.5. The van der Waals surface area contributed by atoms with E-state index in [1.807, 2.05) is 38.1 Å². The Hall–Kier alpha value is -1.44. The lowest BCUT2D eigenvalue weighted by Gasteiger charge is -2.08. The van der Waals surface area contributed by atoms with Crippen molar-refractivity contribution in [3.05, 3.63) is 68.6 Å². The lowest BCUT2D eigenvalue weighted by Crippen LogP contribution is -2.23. The summed E-state index contributed by atoms with van der Waals surface area (Å²) >= 11 is 13.4. The van der Waals surface area contributed by atoms with E-state index in [1.54, 1.807) is 12.1 Å². The van der Waals surface area contributed by atoms with E-state index in [1.165, 1.54) is 17.4 Å². The van der Waals surface area contributed by atoms with Crippen LogP contribution in [0, 0.1) is 13.8 Å². The molecule has 3 aromatic rings. The second kappa shape index (κ2) is 7.66. The Morgan fingerprint density at radius 1 is 1.08 bits per heavy atom. The molecule has 0 aliphatic carbocycles. The van der Waals surface area contributed by atoms with Crippen molar-refractivity contribution in [2.75, 3.05) is 0 Å². The molecular formula is C18H16Cl2N2O2S2. The van der Waals surface area contributed by atoms with Crippen molar-refractivity contribution in [1.29, 1.82) is 0 Å². The molecule has 0 fully saturated rings. The van der Waals surface area contributed by atoms with Gasteiger partial charge in [0.1, 0.15) is 9.90 Å². The van der Waals surface area contributed by atoms with Crippen LogP contribution in [0.1, 0.15) is 16.1 Å². The van der Waals surface area contributed by atoms with Crippen molar-refractivity contribution >= 4 is 44.6 Å². The normalized spacial score (nSPS) is 11.7. The standard InChI is InChI=1S/C18H16Cl2N2O2S2/c1-11-6-3-4-7-13(11)18-22-12(2)15(25-18)10-21-26(23,24)16-9-5-8-14(19)17(16)20/h3-9,21H,10H2,1-2H3. The first-order chi connectivity index (χ1) is 12.3. The van der Waals surface area contributed by atoms with Crippen LogP contribution in [0.5, 0.6) is 0 Å². The minimum absolute atomic E-state index is 0.0169. The van der Waals surface area contributed by atoms with E-state index >= 15 is 0 Å². The molecule has 0 atom stereocenters. The van der Waals surface area contributed by atoms with Gasteiger partial charge >= 0.3 is 0 Å². The second-order valence-corrected chi connectivity index (χ2v) is 9.32. The lowest BCUT2D eigenvalue weighted by molar-refractivity contribution is 0.581. The van der Waals surface area contributed by atoms with Crippen molar-refractivity contribution in [1.82, 2.24) is 9.71 Å². The van der Waals surface area contributed by atoms with Crippen LogP contribution >= 0.6 is 34.5 Å². The fraction of sp³-hybridized carbons (Fsp3) is 0.167. The molecule has 8 heteroatoms.